The standard InChI is InChI=1S/C10H10N6S/c1-2-4-16-9(3-1)13-14-10(16)6-11-5-8-7-17-15-12-8/h1-4,7,11H,5-6H2. The third-order valence-electron chi connectivity index (χ3n) is 2.38. The minimum atomic E-state index is 0.655. The van der Waals surface area contributed by atoms with E-state index < -0.39 is 0 Å². The van der Waals surface area contributed by atoms with Crippen LogP contribution in [-0.2, 0) is 13.1 Å². The van der Waals surface area contributed by atoms with Gasteiger partial charge in [-0.3, -0.25) is 4.40 Å². The van der Waals surface area contributed by atoms with Crippen molar-refractivity contribution >= 4 is 17.2 Å². The second-order valence-corrected chi connectivity index (χ2v) is 4.15. The van der Waals surface area contributed by atoms with Crippen LogP contribution in [0.15, 0.2) is 29.8 Å². The molecule has 0 amide bonds. The minimum absolute atomic E-state index is 0.655. The van der Waals surface area contributed by atoms with Crippen LogP contribution in [-0.4, -0.2) is 24.2 Å². The van der Waals surface area contributed by atoms with Crippen LogP contribution < -0.4 is 5.32 Å². The van der Waals surface area contributed by atoms with Gasteiger partial charge in [-0.1, -0.05) is 10.6 Å². The van der Waals surface area contributed by atoms with Gasteiger partial charge in [0.2, 0.25) is 0 Å². The zero-order valence-electron chi connectivity index (χ0n) is 8.95. The lowest BCUT2D eigenvalue weighted by Crippen LogP contribution is -2.15. The highest BCUT2D eigenvalue weighted by Gasteiger charge is 2.03. The number of rotatable bonds is 4. The summed E-state index contributed by atoms with van der Waals surface area (Å²) in [7, 11) is 0. The topological polar surface area (TPSA) is 68.0 Å². The average Bonchev–Trinajstić information content (AvgIpc) is 2.99. The van der Waals surface area contributed by atoms with Gasteiger partial charge in [-0.2, -0.15) is 0 Å². The van der Waals surface area contributed by atoms with E-state index in [9.17, 15) is 0 Å². The van der Waals surface area contributed by atoms with E-state index >= 15 is 0 Å². The maximum atomic E-state index is 4.13. The molecular formula is C10H10N6S. The van der Waals surface area contributed by atoms with Crippen molar-refractivity contribution in [3.05, 3.63) is 41.3 Å². The van der Waals surface area contributed by atoms with Crippen LogP contribution in [0.2, 0.25) is 0 Å². The molecule has 1 N–H and O–H groups in total. The smallest absolute Gasteiger partial charge is 0.160 e. The van der Waals surface area contributed by atoms with Crippen molar-refractivity contribution in [2.75, 3.05) is 0 Å². The number of hydrogen-bond acceptors (Lipinski definition) is 6. The summed E-state index contributed by atoms with van der Waals surface area (Å²) in [5, 5.41) is 17.4. The highest BCUT2D eigenvalue weighted by atomic mass is 32.1. The first-order valence-corrected chi connectivity index (χ1v) is 6.02. The molecule has 0 bridgehead atoms. The van der Waals surface area contributed by atoms with Gasteiger partial charge in [0.05, 0.1) is 12.2 Å². The molecule has 0 spiro atoms. The molecule has 3 aromatic rings. The molecule has 0 aliphatic rings. The van der Waals surface area contributed by atoms with Crippen LogP contribution in [0.25, 0.3) is 5.65 Å². The molecule has 17 heavy (non-hydrogen) atoms. The van der Waals surface area contributed by atoms with Crippen molar-refractivity contribution in [1.29, 1.82) is 0 Å². The molecule has 3 heterocycles. The molecular weight excluding hydrogens is 236 g/mol. The third-order valence-corrected chi connectivity index (χ3v) is 2.93. The Labute approximate surface area is 101 Å². The van der Waals surface area contributed by atoms with Gasteiger partial charge in [-0.05, 0) is 23.7 Å². The van der Waals surface area contributed by atoms with E-state index in [2.05, 4.69) is 25.1 Å². The summed E-state index contributed by atoms with van der Waals surface area (Å²) >= 11 is 1.36. The summed E-state index contributed by atoms with van der Waals surface area (Å²) in [6.07, 6.45) is 1.96. The molecule has 7 heteroatoms. The lowest BCUT2D eigenvalue weighted by molar-refractivity contribution is 0.645. The Kier molecular flexibility index (Phi) is 2.76. The minimum Gasteiger partial charge on any atom is -0.304 e. The fourth-order valence-electron chi connectivity index (χ4n) is 1.57. The SMILES string of the molecule is c1ccn2c(CNCc3csnn3)nnc2c1. The monoisotopic (exact) mass is 246 g/mol. The summed E-state index contributed by atoms with van der Waals surface area (Å²) in [6, 6.07) is 5.84. The van der Waals surface area contributed by atoms with Gasteiger partial charge in [0.1, 0.15) is 0 Å². The number of pyridine rings is 1. The maximum absolute atomic E-state index is 4.13. The van der Waals surface area contributed by atoms with E-state index in [0.29, 0.717) is 13.1 Å². The summed E-state index contributed by atoms with van der Waals surface area (Å²) < 4.78 is 5.77. The maximum Gasteiger partial charge on any atom is 0.160 e. The molecule has 0 aliphatic heterocycles. The van der Waals surface area contributed by atoms with Gasteiger partial charge < -0.3 is 5.32 Å². The first kappa shape index (κ1) is 10.3. The van der Waals surface area contributed by atoms with Crippen LogP contribution in [0, 0.1) is 0 Å². The van der Waals surface area contributed by atoms with Gasteiger partial charge in [0, 0.05) is 18.1 Å². The van der Waals surface area contributed by atoms with E-state index in [4.69, 9.17) is 0 Å². The van der Waals surface area contributed by atoms with E-state index in [-0.39, 0.29) is 0 Å². The fourth-order valence-corrected chi connectivity index (χ4v) is 2.03. The van der Waals surface area contributed by atoms with E-state index in [1.807, 2.05) is 34.2 Å². The first-order valence-electron chi connectivity index (χ1n) is 5.19. The molecule has 0 aromatic carbocycles. The molecule has 0 unspecified atom stereocenters. The second kappa shape index (κ2) is 4.56. The number of aromatic nitrogens is 5. The molecule has 0 radical (unpaired) electrons. The van der Waals surface area contributed by atoms with Gasteiger partial charge in [0.15, 0.2) is 11.5 Å². The van der Waals surface area contributed by atoms with Crippen LogP contribution in [0.3, 0.4) is 0 Å². The molecule has 0 atom stereocenters. The van der Waals surface area contributed by atoms with Crippen molar-refractivity contribution in [2.45, 2.75) is 13.1 Å². The normalized spacial score (nSPS) is 11.1. The highest BCUT2D eigenvalue weighted by molar-refractivity contribution is 7.03. The Bertz CT molecular complexity index is 602. The van der Waals surface area contributed by atoms with Crippen molar-refractivity contribution in [2.24, 2.45) is 0 Å². The Hall–Kier alpha value is -1.86. The average molecular weight is 246 g/mol. The van der Waals surface area contributed by atoms with Crippen molar-refractivity contribution in [3.8, 4) is 0 Å². The van der Waals surface area contributed by atoms with E-state index in [0.717, 1.165) is 17.2 Å². The van der Waals surface area contributed by atoms with E-state index in [1.165, 1.54) is 11.5 Å². The molecule has 3 aromatic heterocycles. The summed E-state index contributed by atoms with van der Waals surface area (Å²) in [5.41, 5.74) is 1.81. The van der Waals surface area contributed by atoms with Gasteiger partial charge in [0.25, 0.3) is 0 Å². The highest BCUT2D eigenvalue weighted by Crippen LogP contribution is 2.03. The lowest BCUT2D eigenvalue weighted by atomic mass is 10.4. The lowest BCUT2D eigenvalue weighted by Gasteiger charge is -2.00. The Morgan fingerprint density at radius 3 is 3.06 bits per heavy atom. The molecule has 3 rings (SSSR count). The van der Waals surface area contributed by atoms with Gasteiger partial charge >= 0.3 is 0 Å². The van der Waals surface area contributed by atoms with Crippen LogP contribution in [0.5, 0.6) is 0 Å². The fraction of sp³-hybridized carbons (Fsp3) is 0.200. The third kappa shape index (κ3) is 2.15. The second-order valence-electron chi connectivity index (χ2n) is 3.54. The van der Waals surface area contributed by atoms with Crippen molar-refractivity contribution in [3.63, 3.8) is 0 Å². The van der Waals surface area contributed by atoms with Crippen molar-refractivity contribution in [1.82, 2.24) is 29.5 Å². The van der Waals surface area contributed by atoms with Crippen LogP contribution >= 0.6 is 11.5 Å². The predicted molar refractivity (Wildman–Crippen MR) is 63.4 cm³/mol. The number of nitrogens with zero attached hydrogens (tertiary/aromatic N) is 5. The van der Waals surface area contributed by atoms with Crippen LogP contribution in [0.1, 0.15) is 11.5 Å². The van der Waals surface area contributed by atoms with Crippen molar-refractivity contribution < 1.29 is 0 Å². The Morgan fingerprint density at radius 2 is 2.18 bits per heavy atom. The summed E-state index contributed by atoms with van der Waals surface area (Å²) in [6.45, 7) is 1.35. The molecule has 0 saturated heterocycles. The van der Waals surface area contributed by atoms with Gasteiger partial charge in [-0.15, -0.1) is 15.3 Å². The predicted octanol–water partition coefficient (Wildman–Crippen LogP) is 0.871. The summed E-state index contributed by atoms with van der Waals surface area (Å²) in [5.74, 6) is 0.892. The first-order chi connectivity index (χ1) is 8.43. The number of hydrogen-bond donors (Lipinski definition) is 1. The Balaban J connectivity index is 1.69. The van der Waals surface area contributed by atoms with Crippen LogP contribution in [0.4, 0.5) is 0 Å². The largest absolute Gasteiger partial charge is 0.304 e. The van der Waals surface area contributed by atoms with Gasteiger partial charge in [-0.25, -0.2) is 0 Å². The number of nitrogens with one attached hydrogen (secondary N) is 1. The molecule has 0 fully saturated rings. The molecule has 86 valence electrons. The zero-order chi connectivity index (χ0) is 11.5. The summed E-state index contributed by atoms with van der Waals surface area (Å²) in [4.78, 5) is 0. The molecule has 0 saturated carbocycles. The Morgan fingerprint density at radius 1 is 1.18 bits per heavy atom. The number of fused-ring (bicyclic) bond motifs is 1. The zero-order valence-corrected chi connectivity index (χ0v) is 9.76. The van der Waals surface area contributed by atoms with E-state index in [1.54, 1.807) is 0 Å². The molecule has 0 aliphatic carbocycles. The molecule has 6 nitrogen and oxygen atoms in total. The quantitative estimate of drug-likeness (QED) is 0.740.